The lowest BCUT2D eigenvalue weighted by atomic mass is 9.88. The molecule has 0 spiro atoms. The second kappa shape index (κ2) is 7.43. The van der Waals surface area contributed by atoms with E-state index in [2.05, 4.69) is 72.2 Å². The van der Waals surface area contributed by atoms with Gasteiger partial charge in [0.15, 0.2) is 0 Å². The molecule has 0 aliphatic carbocycles. The molecule has 0 amide bonds. The van der Waals surface area contributed by atoms with Crippen LogP contribution in [0.5, 0.6) is 0 Å². The van der Waals surface area contributed by atoms with Crippen LogP contribution in [0.25, 0.3) is 0 Å². The lowest BCUT2D eigenvalue weighted by Gasteiger charge is -2.42. The highest BCUT2D eigenvalue weighted by atomic mass is 32.2. The molecule has 0 bridgehead atoms. The summed E-state index contributed by atoms with van der Waals surface area (Å²) in [6.07, 6.45) is 2.59. The van der Waals surface area contributed by atoms with Crippen LogP contribution < -0.4 is 4.90 Å². The summed E-state index contributed by atoms with van der Waals surface area (Å²) in [5.41, 5.74) is 2.95. The molecule has 0 N–H and O–H groups in total. The topological polar surface area (TPSA) is 6.48 Å². The van der Waals surface area contributed by atoms with Crippen LogP contribution in [-0.2, 0) is 0 Å². The highest BCUT2D eigenvalue weighted by molar-refractivity contribution is 7.99. The number of fused-ring (bicyclic) bond motifs is 5. The fraction of sp³-hybridized carbons (Fsp3) is 0.455. The fourth-order valence-electron chi connectivity index (χ4n) is 4.38. The molecule has 2 nitrogen and oxygen atoms in total. The van der Waals surface area contributed by atoms with E-state index in [9.17, 15) is 0 Å². The molecule has 25 heavy (non-hydrogen) atoms. The smallest absolute Gasteiger partial charge is 0.0554 e. The largest absolute Gasteiger partial charge is 0.363 e. The zero-order chi connectivity index (χ0) is 17.2. The predicted molar refractivity (Wildman–Crippen MR) is 108 cm³/mol. The van der Waals surface area contributed by atoms with E-state index in [1.807, 2.05) is 11.8 Å². The summed E-state index contributed by atoms with van der Waals surface area (Å²) in [7, 11) is 0. The monoisotopic (exact) mass is 352 g/mol. The van der Waals surface area contributed by atoms with Gasteiger partial charge in [-0.3, -0.25) is 0 Å². The molecule has 2 aliphatic heterocycles. The molecule has 2 heterocycles. The molecule has 0 aromatic heterocycles. The average Bonchev–Trinajstić information content (AvgIpc) is 2.80. The van der Waals surface area contributed by atoms with Crippen LogP contribution in [0.2, 0.25) is 0 Å². The van der Waals surface area contributed by atoms with Crippen molar-refractivity contribution < 1.29 is 0 Å². The van der Waals surface area contributed by atoms with Gasteiger partial charge in [-0.15, -0.1) is 0 Å². The molecule has 132 valence electrons. The lowest BCUT2D eigenvalue weighted by Crippen LogP contribution is -2.42. The van der Waals surface area contributed by atoms with E-state index in [1.165, 1.54) is 47.0 Å². The van der Waals surface area contributed by atoms with Crippen molar-refractivity contribution >= 4 is 17.4 Å². The molecule has 2 atom stereocenters. The SMILES string of the molecule is CCN(CC)CC1CCC2c3ccccc3Sc3ccccc3N2C1. The maximum atomic E-state index is 2.70. The highest BCUT2D eigenvalue weighted by Gasteiger charge is 2.34. The molecule has 1 saturated heterocycles. The van der Waals surface area contributed by atoms with Gasteiger partial charge in [-0.05, 0) is 55.6 Å². The van der Waals surface area contributed by atoms with Crippen LogP contribution in [-0.4, -0.2) is 31.1 Å². The molecule has 1 fully saturated rings. The second-order valence-corrected chi connectivity index (χ2v) is 8.29. The van der Waals surface area contributed by atoms with Crippen molar-refractivity contribution in [3.63, 3.8) is 0 Å². The minimum absolute atomic E-state index is 0.528. The van der Waals surface area contributed by atoms with Gasteiger partial charge < -0.3 is 9.80 Å². The van der Waals surface area contributed by atoms with E-state index in [0.29, 0.717) is 6.04 Å². The summed E-state index contributed by atoms with van der Waals surface area (Å²) in [4.78, 5) is 8.12. The number of anilines is 1. The van der Waals surface area contributed by atoms with E-state index < -0.39 is 0 Å². The molecular weight excluding hydrogens is 324 g/mol. The van der Waals surface area contributed by atoms with Crippen molar-refractivity contribution in [2.24, 2.45) is 5.92 Å². The molecule has 0 saturated carbocycles. The van der Waals surface area contributed by atoms with Gasteiger partial charge in [0.1, 0.15) is 0 Å². The summed E-state index contributed by atoms with van der Waals surface area (Å²) in [6, 6.07) is 18.5. The number of para-hydroxylation sites is 1. The summed E-state index contributed by atoms with van der Waals surface area (Å²) in [6.45, 7) is 9.28. The molecule has 2 aliphatic rings. The van der Waals surface area contributed by atoms with Crippen molar-refractivity contribution in [1.82, 2.24) is 4.90 Å². The summed E-state index contributed by atoms with van der Waals surface area (Å²) < 4.78 is 0. The zero-order valence-corrected chi connectivity index (χ0v) is 16.1. The number of hydrogen-bond acceptors (Lipinski definition) is 3. The third kappa shape index (κ3) is 3.32. The third-order valence-corrected chi connectivity index (χ3v) is 6.92. The van der Waals surface area contributed by atoms with E-state index in [0.717, 1.165) is 19.0 Å². The number of benzene rings is 2. The van der Waals surface area contributed by atoms with Crippen molar-refractivity contribution in [3.05, 3.63) is 54.1 Å². The van der Waals surface area contributed by atoms with Crippen LogP contribution in [0.15, 0.2) is 58.3 Å². The molecule has 2 unspecified atom stereocenters. The second-order valence-electron chi connectivity index (χ2n) is 7.20. The summed E-state index contributed by atoms with van der Waals surface area (Å²) in [5, 5.41) is 0. The van der Waals surface area contributed by atoms with Gasteiger partial charge in [0.25, 0.3) is 0 Å². The highest BCUT2D eigenvalue weighted by Crippen LogP contribution is 2.49. The third-order valence-electron chi connectivity index (χ3n) is 5.76. The minimum atomic E-state index is 0.528. The van der Waals surface area contributed by atoms with Gasteiger partial charge in [-0.2, -0.15) is 0 Å². The Morgan fingerprint density at radius 2 is 1.68 bits per heavy atom. The van der Waals surface area contributed by atoms with Crippen LogP contribution in [0.3, 0.4) is 0 Å². The molecule has 2 aromatic rings. The van der Waals surface area contributed by atoms with Crippen molar-refractivity contribution in [2.75, 3.05) is 31.1 Å². The van der Waals surface area contributed by atoms with E-state index in [-0.39, 0.29) is 0 Å². The van der Waals surface area contributed by atoms with Crippen molar-refractivity contribution in [3.8, 4) is 0 Å². The van der Waals surface area contributed by atoms with Crippen LogP contribution in [0.4, 0.5) is 5.69 Å². The molecule has 3 heteroatoms. The van der Waals surface area contributed by atoms with Gasteiger partial charge in [-0.1, -0.05) is 55.9 Å². The van der Waals surface area contributed by atoms with Gasteiger partial charge in [-0.25, -0.2) is 0 Å². The van der Waals surface area contributed by atoms with E-state index in [4.69, 9.17) is 0 Å². The van der Waals surface area contributed by atoms with Crippen molar-refractivity contribution in [2.45, 2.75) is 42.5 Å². The zero-order valence-electron chi connectivity index (χ0n) is 15.3. The quantitative estimate of drug-likeness (QED) is 0.722. The Morgan fingerprint density at radius 3 is 2.48 bits per heavy atom. The molecular formula is C22H28N2S. The summed E-state index contributed by atoms with van der Waals surface area (Å²) >= 11 is 1.94. The molecule has 4 rings (SSSR count). The summed E-state index contributed by atoms with van der Waals surface area (Å²) in [5.74, 6) is 0.763. The maximum absolute atomic E-state index is 2.70. The van der Waals surface area contributed by atoms with Gasteiger partial charge in [0, 0.05) is 22.9 Å². The molecule has 0 radical (unpaired) electrons. The number of rotatable bonds is 4. The predicted octanol–water partition coefficient (Wildman–Crippen LogP) is 5.45. The first-order valence-electron chi connectivity index (χ1n) is 9.65. The number of nitrogens with zero attached hydrogens (tertiary/aromatic N) is 2. The fourth-order valence-corrected chi connectivity index (χ4v) is 5.52. The van der Waals surface area contributed by atoms with Gasteiger partial charge in [0.2, 0.25) is 0 Å². The Morgan fingerprint density at radius 1 is 0.960 bits per heavy atom. The average molecular weight is 353 g/mol. The van der Waals surface area contributed by atoms with Crippen LogP contribution >= 0.6 is 11.8 Å². The Bertz CT molecular complexity index is 725. The maximum Gasteiger partial charge on any atom is 0.0554 e. The normalized spacial score (nSPS) is 22.1. The Hall–Kier alpha value is -1.45. The number of piperidine rings is 1. The van der Waals surface area contributed by atoms with E-state index in [1.54, 1.807) is 0 Å². The molecule has 2 aromatic carbocycles. The Labute approximate surface area is 156 Å². The standard InChI is InChI=1S/C22H28N2S/c1-3-23(4-2)15-17-13-14-19-18-9-5-7-11-21(18)25-22-12-8-6-10-20(22)24(19)16-17/h5-12,17,19H,3-4,13-16H2,1-2H3. The van der Waals surface area contributed by atoms with Gasteiger partial charge >= 0.3 is 0 Å². The van der Waals surface area contributed by atoms with Crippen LogP contribution in [0, 0.1) is 5.92 Å². The first-order chi connectivity index (χ1) is 12.3. The Balaban J connectivity index is 1.68. The van der Waals surface area contributed by atoms with Crippen molar-refractivity contribution in [1.29, 1.82) is 0 Å². The first kappa shape index (κ1) is 17.0. The van der Waals surface area contributed by atoms with E-state index >= 15 is 0 Å². The lowest BCUT2D eigenvalue weighted by molar-refractivity contribution is 0.222. The van der Waals surface area contributed by atoms with Gasteiger partial charge in [0.05, 0.1) is 11.7 Å². The van der Waals surface area contributed by atoms with Crippen LogP contribution in [0.1, 0.15) is 38.3 Å². The Kier molecular flexibility index (Phi) is 5.05. The minimum Gasteiger partial charge on any atom is -0.363 e. The number of hydrogen-bond donors (Lipinski definition) is 0. The first-order valence-corrected chi connectivity index (χ1v) is 10.5.